The van der Waals surface area contributed by atoms with E-state index in [2.05, 4.69) is 12.1 Å². The Morgan fingerprint density at radius 1 is 0.967 bits per heavy atom. The molecule has 0 aromatic heterocycles. The highest BCUT2D eigenvalue weighted by molar-refractivity contribution is 8.18. The average molecular weight is 418 g/mol. The molecule has 1 aliphatic heterocycles. The highest BCUT2D eigenvalue weighted by Crippen LogP contribution is 2.37. The molecular formula is C25H23NO3S. The van der Waals surface area contributed by atoms with Gasteiger partial charge in [0.1, 0.15) is 5.75 Å². The van der Waals surface area contributed by atoms with E-state index in [1.54, 1.807) is 6.08 Å². The molecule has 0 bridgehead atoms. The number of aryl methyl sites for hydroxylation is 1. The Labute approximate surface area is 180 Å². The molecule has 0 unspecified atom stereocenters. The van der Waals surface area contributed by atoms with Crippen molar-refractivity contribution in [3.63, 3.8) is 0 Å². The summed E-state index contributed by atoms with van der Waals surface area (Å²) in [7, 11) is 0. The van der Waals surface area contributed by atoms with E-state index < -0.39 is 0 Å². The molecule has 0 spiro atoms. The summed E-state index contributed by atoms with van der Waals surface area (Å²) in [5.41, 5.74) is 2.04. The molecule has 1 aliphatic rings. The van der Waals surface area contributed by atoms with Crippen molar-refractivity contribution in [3.8, 4) is 5.75 Å². The summed E-state index contributed by atoms with van der Waals surface area (Å²) in [6.07, 6.45) is 3.38. The van der Waals surface area contributed by atoms with Crippen LogP contribution in [0.15, 0.2) is 71.6 Å². The first-order chi connectivity index (χ1) is 14.7. The Morgan fingerprint density at radius 2 is 1.73 bits per heavy atom. The molecule has 3 aromatic carbocycles. The van der Waals surface area contributed by atoms with Gasteiger partial charge in [0, 0.05) is 12.1 Å². The van der Waals surface area contributed by atoms with Crippen molar-refractivity contribution in [1.82, 2.24) is 4.90 Å². The molecule has 2 amide bonds. The summed E-state index contributed by atoms with van der Waals surface area (Å²) in [6, 6.07) is 22.0. The van der Waals surface area contributed by atoms with E-state index >= 15 is 0 Å². The molecule has 5 heteroatoms. The van der Waals surface area contributed by atoms with Crippen LogP contribution < -0.4 is 4.74 Å². The van der Waals surface area contributed by atoms with Gasteiger partial charge in [0.05, 0.1) is 11.5 Å². The molecule has 0 radical (unpaired) electrons. The molecule has 1 heterocycles. The van der Waals surface area contributed by atoms with E-state index in [-0.39, 0.29) is 11.1 Å². The Morgan fingerprint density at radius 3 is 2.53 bits per heavy atom. The van der Waals surface area contributed by atoms with E-state index in [0.717, 1.165) is 40.9 Å². The van der Waals surface area contributed by atoms with Crippen molar-refractivity contribution in [1.29, 1.82) is 0 Å². The Balaban J connectivity index is 1.57. The van der Waals surface area contributed by atoms with Crippen molar-refractivity contribution in [2.75, 3.05) is 13.2 Å². The van der Waals surface area contributed by atoms with Gasteiger partial charge in [-0.25, -0.2) is 0 Å². The van der Waals surface area contributed by atoms with Crippen LogP contribution in [0.2, 0.25) is 0 Å². The summed E-state index contributed by atoms with van der Waals surface area (Å²) in [5.74, 6) is 0.487. The van der Waals surface area contributed by atoms with Gasteiger partial charge in [-0.1, -0.05) is 60.7 Å². The van der Waals surface area contributed by atoms with Crippen LogP contribution in [0.5, 0.6) is 5.75 Å². The molecule has 0 N–H and O–H groups in total. The van der Waals surface area contributed by atoms with E-state index in [1.807, 2.05) is 61.5 Å². The highest BCUT2D eigenvalue weighted by atomic mass is 32.2. The number of nitrogens with zero attached hydrogens (tertiary/aromatic N) is 1. The first-order valence-corrected chi connectivity index (χ1v) is 10.9. The van der Waals surface area contributed by atoms with Gasteiger partial charge in [-0.2, -0.15) is 0 Å². The quantitative estimate of drug-likeness (QED) is 0.449. The number of rotatable bonds is 7. The van der Waals surface area contributed by atoms with Crippen LogP contribution in [0.3, 0.4) is 0 Å². The van der Waals surface area contributed by atoms with Gasteiger partial charge in [-0.3, -0.25) is 14.5 Å². The van der Waals surface area contributed by atoms with Crippen LogP contribution in [0.25, 0.3) is 16.8 Å². The zero-order valence-corrected chi connectivity index (χ0v) is 17.7. The number of carbonyl (C=O) groups excluding carboxylic acids is 2. The molecule has 1 saturated heterocycles. The minimum atomic E-state index is -0.228. The molecule has 4 nitrogen and oxygen atoms in total. The third-order valence-corrected chi connectivity index (χ3v) is 5.98. The highest BCUT2D eigenvalue weighted by Gasteiger charge is 2.34. The zero-order valence-electron chi connectivity index (χ0n) is 16.8. The second-order valence-electron chi connectivity index (χ2n) is 7.05. The van der Waals surface area contributed by atoms with E-state index in [4.69, 9.17) is 4.74 Å². The number of benzene rings is 3. The number of amides is 2. The third-order valence-electron chi connectivity index (χ3n) is 5.07. The van der Waals surface area contributed by atoms with Gasteiger partial charge >= 0.3 is 0 Å². The number of fused-ring (bicyclic) bond motifs is 1. The molecule has 3 aromatic rings. The maximum Gasteiger partial charge on any atom is 0.293 e. The van der Waals surface area contributed by atoms with Crippen molar-refractivity contribution in [2.24, 2.45) is 0 Å². The molecule has 0 saturated carbocycles. The number of hydrogen-bond acceptors (Lipinski definition) is 4. The lowest BCUT2D eigenvalue weighted by atomic mass is 10.0. The maximum absolute atomic E-state index is 12.9. The number of carbonyl (C=O) groups is 2. The number of thioether (sulfide) groups is 1. The first kappa shape index (κ1) is 20.2. The van der Waals surface area contributed by atoms with E-state index in [0.29, 0.717) is 23.8 Å². The van der Waals surface area contributed by atoms with Crippen molar-refractivity contribution in [2.45, 2.75) is 19.8 Å². The number of ether oxygens (including phenoxy) is 1. The molecule has 4 rings (SSSR count). The summed E-state index contributed by atoms with van der Waals surface area (Å²) in [6.45, 7) is 2.88. The normalized spacial score (nSPS) is 15.4. The SMILES string of the molecule is CCOc1ccc2ccccc2c1/C=C1/SC(=O)N(CCCc2ccccc2)C1=O. The van der Waals surface area contributed by atoms with Gasteiger partial charge < -0.3 is 4.74 Å². The Hall–Kier alpha value is -3.05. The minimum absolute atomic E-state index is 0.211. The lowest BCUT2D eigenvalue weighted by Gasteiger charge is -2.13. The largest absolute Gasteiger partial charge is 0.493 e. The lowest BCUT2D eigenvalue weighted by Crippen LogP contribution is -2.29. The second-order valence-corrected chi connectivity index (χ2v) is 8.05. The van der Waals surface area contributed by atoms with Crippen molar-refractivity contribution < 1.29 is 14.3 Å². The predicted molar refractivity (Wildman–Crippen MR) is 123 cm³/mol. The third kappa shape index (κ3) is 4.26. The fourth-order valence-corrected chi connectivity index (χ4v) is 4.46. The molecule has 0 atom stereocenters. The molecule has 0 aliphatic carbocycles. The monoisotopic (exact) mass is 417 g/mol. The predicted octanol–water partition coefficient (Wildman–Crippen LogP) is 5.91. The van der Waals surface area contributed by atoms with Gasteiger partial charge in [0.15, 0.2) is 0 Å². The molecular weight excluding hydrogens is 394 g/mol. The van der Waals surface area contributed by atoms with E-state index in [9.17, 15) is 9.59 Å². The van der Waals surface area contributed by atoms with Gasteiger partial charge in [0.25, 0.3) is 11.1 Å². The zero-order chi connectivity index (χ0) is 20.9. The summed E-state index contributed by atoms with van der Waals surface area (Å²) in [4.78, 5) is 27.2. The van der Waals surface area contributed by atoms with Crippen molar-refractivity contribution in [3.05, 3.63) is 82.8 Å². The fourth-order valence-electron chi connectivity index (χ4n) is 3.62. The summed E-state index contributed by atoms with van der Waals surface area (Å²) in [5, 5.41) is 1.85. The van der Waals surface area contributed by atoms with Crippen LogP contribution in [-0.2, 0) is 11.2 Å². The fraction of sp³-hybridized carbons (Fsp3) is 0.200. The Kier molecular flexibility index (Phi) is 6.19. The van der Waals surface area contributed by atoms with Gasteiger partial charge in [-0.15, -0.1) is 0 Å². The Bertz CT molecular complexity index is 1110. The summed E-state index contributed by atoms with van der Waals surface area (Å²) >= 11 is 1.00. The number of imide groups is 1. The maximum atomic E-state index is 12.9. The molecule has 152 valence electrons. The molecule has 1 fully saturated rings. The minimum Gasteiger partial charge on any atom is -0.493 e. The summed E-state index contributed by atoms with van der Waals surface area (Å²) < 4.78 is 5.79. The van der Waals surface area contributed by atoms with Crippen molar-refractivity contribution >= 4 is 39.8 Å². The van der Waals surface area contributed by atoms with Crippen LogP contribution in [0, 0.1) is 0 Å². The second kappa shape index (κ2) is 9.18. The molecule has 30 heavy (non-hydrogen) atoms. The van der Waals surface area contributed by atoms with Crippen LogP contribution in [0.4, 0.5) is 4.79 Å². The number of hydrogen-bond donors (Lipinski definition) is 0. The lowest BCUT2D eigenvalue weighted by molar-refractivity contribution is -0.122. The van der Waals surface area contributed by atoms with Crippen LogP contribution in [-0.4, -0.2) is 29.2 Å². The topological polar surface area (TPSA) is 46.6 Å². The van der Waals surface area contributed by atoms with Gasteiger partial charge in [-0.05, 0) is 60.0 Å². The smallest absolute Gasteiger partial charge is 0.293 e. The van der Waals surface area contributed by atoms with Gasteiger partial charge in [0.2, 0.25) is 0 Å². The average Bonchev–Trinajstić information content (AvgIpc) is 3.03. The van der Waals surface area contributed by atoms with Crippen LogP contribution >= 0.6 is 11.8 Å². The van der Waals surface area contributed by atoms with E-state index in [1.165, 1.54) is 10.5 Å². The van der Waals surface area contributed by atoms with Crippen LogP contribution in [0.1, 0.15) is 24.5 Å². The standard InChI is InChI=1S/C25H23NO3S/c1-2-29-22-15-14-19-12-6-7-13-20(19)21(22)17-23-24(27)26(25(28)30-23)16-8-11-18-9-4-3-5-10-18/h3-7,9-10,12-15,17H,2,8,11,16H2,1H3/b23-17+. The first-order valence-electron chi connectivity index (χ1n) is 10.1.